The van der Waals surface area contributed by atoms with Crippen molar-refractivity contribution in [1.29, 1.82) is 0 Å². The van der Waals surface area contributed by atoms with E-state index in [4.69, 9.17) is 9.47 Å². The van der Waals surface area contributed by atoms with E-state index in [9.17, 15) is 9.59 Å². The topological polar surface area (TPSA) is 59.1 Å². The van der Waals surface area contributed by atoms with E-state index in [1.807, 2.05) is 29.2 Å². The summed E-state index contributed by atoms with van der Waals surface area (Å²) in [6.07, 6.45) is 0.337. The van der Waals surface area contributed by atoms with Crippen molar-refractivity contribution in [3.63, 3.8) is 0 Å². The highest BCUT2D eigenvalue weighted by atomic mass is 16.5. The van der Waals surface area contributed by atoms with Crippen LogP contribution in [0.3, 0.4) is 0 Å². The molecule has 3 rings (SSSR count). The van der Waals surface area contributed by atoms with Crippen LogP contribution in [-0.4, -0.2) is 62.0 Å². The van der Waals surface area contributed by atoms with Gasteiger partial charge in [0.15, 0.2) is 0 Å². The van der Waals surface area contributed by atoms with Gasteiger partial charge in [-0.1, -0.05) is 12.1 Å². The maximum atomic E-state index is 12.6. The van der Waals surface area contributed by atoms with Gasteiger partial charge in [-0.15, -0.1) is 0 Å². The fraction of sp³-hybridized carbons (Fsp3) is 0.333. The van der Waals surface area contributed by atoms with Gasteiger partial charge in [0.2, 0.25) is 5.91 Å². The molecule has 0 saturated carbocycles. The molecule has 0 aromatic heterocycles. The smallest absolute Gasteiger partial charge is 0.253 e. The van der Waals surface area contributed by atoms with Crippen molar-refractivity contribution in [2.45, 2.75) is 6.42 Å². The van der Waals surface area contributed by atoms with Gasteiger partial charge >= 0.3 is 0 Å². The first-order valence-electron chi connectivity index (χ1n) is 8.94. The van der Waals surface area contributed by atoms with Gasteiger partial charge in [0.05, 0.1) is 20.6 Å². The Labute approximate surface area is 159 Å². The van der Waals surface area contributed by atoms with Crippen LogP contribution in [0.5, 0.6) is 11.5 Å². The fourth-order valence-electron chi connectivity index (χ4n) is 3.14. The molecule has 0 bridgehead atoms. The number of hydrogen-bond acceptors (Lipinski definition) is 4. The molecule has 0 atom stereocenters. The number of piperazine rings is 1. The van der Waals surface area contributed by atoms with E-state index >= 15 is 0 Å². The summed E-state index contributed by atoms with van der Waals surface area (Å²) in [6, 6.07) is 14.6. The summed E-state index contributed by atoms with van der Waals surface area (Å²) in [5, 5.41) is 0. The molecular weight excluding hydrogens is 344 g/mol. The van der Waals surface area contributed by atoms with Crippen LogP contribution in [0.2, 0.25) is 0 Å². The molecule has 2 amide bonds. The summed E-state index contributed by atoms with van der Waals surface area (Å²) in [5.41, 5.74) is 1.56. The monoisotopic (exact) mass is 368 g/mol. The van der Waals surface area contributed by atoms with Gasteiger partial charge in [-0.25, -0.2) is 0 Å². The van der Waals surface area contributed by atoms with E-state index in [0.29, 0.717) is 38.2 Å². The summed E-state index contributed by atoms with van der Waals surface area (Å²) >= 11 is 0. The number of rotatable bonds is 5. The van der Waals surface area contributed by atoms with Crippen LogP contribution < -0.4 is 9.47 Å². The number of nitrogens with zero attached hydrogens (tertiary/aromatic N) is 2. The minimum absolute atomic E-state index is 0.0162. The standard InChI is InChI=1S/C21H24N2O4/c1-26-18-8-6-17(7-9-18)21(25)23-12-10-22(11-13-23)20(24)15-16-4-3-5-19(14-16)27-2/h3-9,14H,10-13,15H2,1-2H3. The fourth-order valence-corrected chi connectivity index (χ4v) is 3.14. The molecule has 0 N–H and O–H groups in total. The Morgan fingerprint density at radius 3 is 2.11 bits per heavy atom. The Hall–Kier alpha value is -3.02. The van der Waals surface area contributed by atoms with Crippen molar-refractivity contribution in [2.24, 2.45) is 0 Å². The zero-order valence-electron chi connectivity index (χ0n) is 15.7. The molecule has 0 spiro atoms. The van der Waals surface area contributed by atoms with Crippen LogP contribution >= 0.6 is 0 Å². The van der Waals surface area contributed by atoms with Crippen molar-refractivity contribution < 1.29 is 19.1 Å². The molecule has 1 aliphatic heterocycles. The Morgan fingerprint density at radius 1 is 0.852 bits per heavy atom. The second-order valence-corrected chi connectivity index (χ2v) is 6.43. The summed E-state index contributed by atoms with van der Waals surface area (Å²) in [5.74, 6) is 1.52. The van der Waals surface area contributed by atoms with Crippen molar-refractivity contribution >= 4 is 11.8 Å². The number of methoxy groups -OCH3 is 2. The molecule has 1 saturated heterocycles. The molecule has 1 aliphatic rings. The SMILES string of the molecule is COc1ccc(C(=O)N2CCN(C(=O)Cc3cccc(OC)c3)CC2)cc1. The van der Waals surface area contributed by atoms with Gasteiger partial charge in [-0.2, -0.15) is 0 Å². The van der Waals surface area contributed by atoms with E-state index in [0.717, 1.165) is 17.1 Å². The quantitative estimate of drug-likeness (QED) is 0.812. The van der Waals surface area contributed by atoms with Crippen LogP contribution in [0, 0.1) is 0 Å². The lowest BCUT2D eigenvalue weighted by molar-refractivity contribution is -0.131. The second-order valence-electron chi connectivity index (χ2n) is 6.43. The number of carbonyl (C=O) groups is 2. The predicted octanol–water partition coefficient (Wildman–Crippen LogP) is 2.23. The van der Waals surface area contributed by atoms with Crippen LogP contribution in [-0.2, 0) is 11.2 Å². The van der Waals surface area contributed by atoms with Gasteiger partial charge in [0.25, 0.3) is 5.91 Å². The van der Waals surface area contributed by atoms with Crippen LogP contribution in [0.4, 0.5) is 0 Å². The Bertz CT molecular complexity index is 796. The molecule has 142 valence electrons. The average molecular weight is 368 g/mol. The van der Waals surface area contributed by atoms with Crippen LogP contribution in [0.15, 0.2) is 48.5 Å². The molecule has 6 heteroatoms. The Morgan fingerprint density at radius 2 is 1.48 bits per heavy atom. The van der Waals surface area contributed by atoms with Crippen molar-refractivity contribution in [2.75, 3.05) is 40.4 Å². The highest BCUT2D eigenvalue weighted by Gasteiger charge is 2.24. The zero-order chi connectivity index (χ0) is 19.2. The van der Waals surface area contributed by atoms with Gasteiger partial charge in [0.1, 0.15) is 11.5 Å². The van der Waals surface area contributed by atoms with E-state index in [-0.39, 0.29) is 11.8 Å². The lowest BCUT2D eigenvalue weighted by atomic mass is 10.1. The molecule has 0 aliphatic carbocycles. The number of ether oxygens (including phenoxy) is 2. The maximum Gasteiger partial charge on any atom is 0.253 e. The molecule has 27 heavy (non-hydrogen) atoms. The first-order valence-corrected chi connectivity index (χ1v) is 8.94. The minimum atomic E-state index is -0.0162. The largest absolute Gasteiger partial charge is 0.497 e. The van der Waals surface area contributed by atoms with E-state index in [1.54, 1.807) is 43.4 Å². The first-order chi connectivity index (χ1) is 13.1. The molecule has 1 fully saturated rings. The summed E-state index contributed by atoms with van der Waals surface area (Å²) in [6.45, 7) is 2.17. The normalized spacial score (nSPS) is 14.0. The molecule has 1 heterocycles. The number of hydrogen-bond donors (Lipinski definition) is 0. The average Bonchev–Trinajstić information content (AvgIpc) is 2.73. The summed E-state index contributed by atoms with van der Waals surface area (Å²) < 4.78 is 10.3. The van der Waals surface area contributed by atoms with Gasteiger partial charge in [0, 0.05) is 31.7 Å². The molecule has 2 aromatic carbocycles. The number of amides is 2. The van der Waals surface area contributed by atoms with Crippen LogP contribution in [0.1, 0.15) is 15.9 Å². The molecule has 0 radical (unpaired) electrons. The third-order valence-corrected chi connectivity index (χ3v) is 4.75. The third-order valence-electron chi connectivity index (χ3n) is 4.75. The summed E-state index contributed by atoms with van der Waals surface area (Å²) in [7, 11) is 3.21. The lowest BCUT2D eigenvalue weighted by Gasteiger charge is -2.35. The molecule has 6 nitrogen and oxygen atoms in total. The van der Waals surface area contributed by atoms with Crippen LogP contribution in [0.25, 0.3) is 0 Å². The van der Waals surface area contributed by atoms with E-state index in [2.05, 4.69) is 0 Å². The van der Waals surface area contributed by atoms with Gasteiger partial charge < -0.3 is 19.3 Å². The number of benzene rings is 2. The Kier molecular flexibility index (Phi) is 5.96. The summed E-state index contributed by atoms with van der Waals surface area (Å²) in [4.78, 5) is 28.8. The predicted molar refractivity (Wildman–Crippen MR) is 102 cm³/mol. The van der Waals surface area contributed by atoms with Crippen molar-refractivity contribution in [3.8, 4) is 11.5 Å². The zero-order valence-corrected chi connectivity index (χ0v) is 15.7. The third kappa shape index (κ3) is 4.58. The van der Waals surface area contributed by atoms with Crippen molar-refractivity contribution in [1.82, 2.24) is 9.80 Å². The molecule has 0 unspecified atom stereocenters. The van der Waals surface area contributed by atoms with Crippen molar-refractivity contribution in [3.05, 3.63) is 59.7 Å². The highest BCUT2D eigenvalue weighted by Crippen LogP contribution is 2.16. The van der Waals surface area contributed by atoms with Gasteiger partial charge in [-0.3, -0.25) is 9.59 Å². The molecule has 2 aromatic rings. The Balaban J connectivity index is 1.54. The maximum absolute atomic E-state index is 12.6. The molecular formula is C21H24N2O4. The van der Waals surface area contributed by atoms with E-state index < -0.39 is 0 Å². The minimum Gasteiger partial charge on any atom is -0.497 e. The number of carbonyl (C=O) groups excluding carboxylic acids is 2. The second kappa shape index (κ2) is 8.58. The first kappa shape index (κ1) is 18.8. The van der Waals surface area contributed by atoms with Gasteiger partial charge in [-0.05, 0) is 42.0 Å². The lowest BCUT2D eigenvalue weighted by Crippen LogP contribution is -2.51. The highest BCUT2D eigenvalue weighted by molar-refractivity contribution is 5.94. The van der Waals surface area contributed by atoms with E-state index in [1.165, 1.54) is 0 Å².